The number of hydrogen-bond donors (Lipinski definition) is 2. The number of nitriles is 1. The van der Waals surface area contributed by atoms with Crippen molar-refractivity contribution in [1.82, 2.24) is 9.13 Å². The van der Waals surface area contributed by atoms with E-state index in [-0.39, 0.29) is 11.4 Å². The molecule has 0 fully saturated rings. The fraction of sp³-hybridized carbons (Fsp3) is 0.188. The number of anilines is 1. The van der Waals surface area contributed by atoms with Crippen molar-refractivity contribution < 1.29 is 0 Å². The number of fused-ring (bicyclic) bond motifs is 1. The Labute approximate surface area is 131 Å². The molecule has 0 unspecified atom stereocenters. The van der Waals surface area contributed by atoms with Gasteiger partial charge in [0.1, 0.15) is 11.6 Å². The first-order valence-electron chi connectivity index (χ1n) is 6.99. The zero-order chi connectivity index (χ0) is 16.7. The summed E-state index contributed by atoms with van der Waals surface area (Å²) in [5.74, 6) is -0.136. The van der Waals surface area contributed by atoms with E-state index in [0.29, 0.717) is 11.4 Å². The Hall–Kier alpha value is -3.27. The van der Waals surface area contributed by atoms with Gasteiger partial charge in [-0.15, -0.1) is 0 Å². The Balaban J connectivity index is 2.43. The maximum Gasteiger partial charge on any atom is 0.332 e. The van der Waals surface area contributed by atoms with Crippen LogP contribution in [0.4, 0.5) is 5.82 Å². The smallest absolute Gasteiger partial charge is 0.332 e. The van der Waals surface area contributed by atoms with Crippen LogP contribution < -0.4 is 22.3 Å². The molecule has 7 heteroatoms. The van der Waals surface area contributed by atoms with Crippen molar-refractivity contribution in [2.75, 3.05) is 5.32 Å². The molecule has 3 N–H and O–H groups in total. The molecule has 116 valence electrons. The summed E-state index contributed by atoms with van der Waals surface area (Å²) < 4.78 is 2.36. The average molecular weight is 309 g/mol. The van der Waals surface area contributed by atoms with Gasteiger partial charge in [-0.25, -0.2) is 4.79 Å². The van der Waals surface area contributed by atoms with Gasteiger partial charge in [-0.2, -0.15) is 5.26 Å². The average Bonchev–Trinajstić information content (AvgIpc) is 2.57. The van der Waals surface area contributed by atoms with E-state index in [2.05, 4.69) is 11.4 Å². The minimum absolute atomic E-state index is 0.150. The molecule has 1 aliphatic rings. The van der Waals surface area contributed by atoms with Crippen molar-refractivity contribution in [1.29, 1.82) is 5.26 Å². The van der Waals surface area contributed by atoms with Gasteiger partial charge in [-0.05, 0) is 5.56 Å². The van der Waals surface area contributed by atoms with E-state index in [1.165, 1.54) is 11.6 Å². The highest BCUT2D eigenvalue weighted by atomic mass is 16.2. The van der Waals surface area contributed by atoms with Gasteiger partial charge in [0.2, 0.25) is 0 Å². The van der Waals surface area contributed by atoms with Crippen LogP contribution in [0.3, 0.4) is 0 Å². The van der Waals surface area contributed by atoms with Crippen molar-refractivity contribution in [2.24, 2.45) is 19.8 Å². The Morgan fingerprint density at radius 2 is 1.83 bits per heavy atom. The molecule has 0 radical (unpaired) electrons. The maximum absolute atomic E-state index is 12.7. The van der Waals surface area contributed by atoms with E-state index in [4.69, 9.17) is 5.73 Å². The largest absolute Gasteiger partial charge is 0.384 e. The van der Waals surface area contributed by atoms with Crippen LogP contribution in [0.15, 0.2) is 51.3 Å². The number of rotatable bonds is 1. The summed E-state index contributed by atoms with van der Waals surface area (Å²) in [6.07, 6.45) is 0. The normalized spacial score (nSPS) is 16.5. The van der Waals surface area contributed by atoms with Gasteiger partial charge in [0.25, 0.3) is 5.56 Å². The predicted molar refractivity (Wildman–Crippen MR) is 85.7 cm³/mol. The van der Waals surface area contributed by atoms with Crippen molar-refractivity contribution in [3.8, 4) is 6.07 Å². The summed E-state index contributed by atoms with van der Waals surface area (Å²) in [6.45, 7) is 0. The zero-order valence-corrected chi connectivity index (χ0v) is 12.7. The highest BCUT2D eigenvalue weighted by molar-refractivity contribution is 5.64. The second kappa shape index (κ2) is 5.18. The molecule has 0 amide bonds. The second-order valence-electron chi connectivity index (χ2n) is 5.38. The quantitative estimate of drug-likeness (QED) is 0.790. The summed E-state index contributed by atoms with van der Waals surface area (Å²) >= 11 is 0. The lowest BCUT2D eigenvalue weighted by Crippen LogP contribution is -2.43. The first-order chi connectivity index (χ1) is 11.0. The first-order valence-corrected chi connectivity index (χ1v) is 6.99. The Morgan fingerprint density at radius 1 is 1.17 bits per heavy atom. The molecule has 0 bridgehead atoms. The number of aromatic nitrogens is 2. The van der Waals surface area contributed by atoms with Gasteiger partial charge in [0.05, 0.1) is 23.1 Å². The second-order valence-corrected chi connectivity index (χ2v) is 5.38. The van der Waals surface area contributed by atoms with Crippen LogP contribution in [-0.2, 0) is 14.1 Å². The van der Waals surface area contributed by atoms with Crippen LogP contribution in [-0.4, -0.2) is 9.13 Å². The highest BCUT2D eigenvalue weighted by Crippen LogP contribution is 2.37. The van der Waals surface area contributed by atoms with Crippen LogP contribution in [0.5, 0.6) is 0 Å². The summed E-state index contributed by atoms with van der Waals surface area (Å²) in [4.78, 5) is 24.8. The standard InChI is InChI=1S/C16H15N5O2/c1-20-14-12(15(22)21(2)16(20)23)11(9-6-4-3-5-7-9)10(8-17)13(18)19-14/h3-7,11,19H,18H2,1-2H3/t11-/m0/s1. The topological polar surface area (TPSA) is 106 Å². The molecule has 0 saturated carbocycles. The molecule has 1 aromatic heterocycles. The maximum atomic E-state index is 12.7. The molecule has 7 nitrogen and oxygen atoms in total. The van der Waals surface area contributed by atoms with E-state index in [1.807, 2.05) is 30.3 Å². The summed E-state index contributed by atoms with van der Waals surface area (Å²) in [5, 5.41) is 12.3. The minimum Gasteiger partial charge on any atom is -0.384 e. The molecular formula is C16H15N5O2. The molecule has 23 heavy (non-hydrogen) atoms. The summed E-state index contributed by atoms with van der Waals surface area (Å²) in [5.41, 5.74) is 6.44. The third-order valence-corrected chi connectivity index (χ3v) is 4.07. The van der Waals surface area contributed by atoms with Gasteiger partial charge in [-0.1, -0.05) is 30.3 Å². The summed E-state index contributed by atoms with van der Waals surface area (Å²) in [6, 6.07) is 11.2. The summed E-state index contributed by atoms with van der Waals surface area (Å²) in [7, 11) is 2.97. The van der Waals surface area contributed by atoms with E-state index < -0.39 is 17.2 Å². The zero-order valence-electron chi connectivity index (χ0n) is 12.7. The number of nitrogens with two attached hydrogens (primary N) is 1. The highest BCUT2D eigenvalue weighted by Gasteiger charge is 2.33. The lowest BCUT2D eigenvalue weighted by atomic mass is 9.84. The Morgan fingerprint density at radius 3 is 2.43 bits per heavy atom. The van der Waals surface area contributed by atoms with Crippen molar-refractivity contribution >= 4 is 5.82 Å². The number of allylic oxidation sites excluding steroid dienone is 1. The predicted octanol–water partition coefficient (Wildman–Crippen LogP) is 0.335. The molecule has 3 rings (SSSR count). The van der Waals surface area contributed by atoms with E-state index in [1.54, 1.807) is 7.05 Å². The lowest BCUT2D eigenvalue weighted by Gasteiger charge is -2.28. The Bertz CT molecular complexity index is 977. The Kier molecular flexibility index (Phi) is 3.30. The fourth-order valence-corrected chi connectivity index (χ4v) is 2.88. The van der Waals surface area contributed by atoms with Gasteiger partial charge in [0, 0.05) is 14.1 Å². The van der Waals surface area contributed by atoms with Crippen molar-refractivity contribution in [3.63, 3.8) is 0 Å². The number of nitrogens with one attached hydrogen (secondary N) is 1. The number of nitrogens with zero attached hydrogens (tertiary/aromatic N) is 3. The molecular weight excluding hydrogens is 294 g/mol. The third-order valence-electron chi connectivity index (χ3n) is 4.07. The van der Waals surface area contributed by atoms with E-state index in [9.17, 15) is 14.9 Å². The first kappa shape index (κ1) is 14.7. The SMILES string of the molecule is Cn1c2c(c(=O)n(C)c1=O)[C@@H](c1ccccc1)C(C#N)=C(N)N2. The van der Waals surface area contributed by atoms with Crippen LogP contribution in [0.25, 0.3) is 0 Å². The van der Waals surface area contributed by atoms with Crippen LogP contribution >= 0.6 is 0 Å². The van der Waals surface area contributed by atoms with Crippen molar-refractivity contribution in [2.45, 2.75) is 5.92 Å². The van der Waals surface area contributed by atoms with Gasteiger partial charge < -0.3 is 11.1 Å². The molecule has 1 aromatic carbocycles. The molecule has 2 aromatic rings. The fourth-order valence-electron chi connectivity index (χ4n) is 2.88. The monoisotopic (exact) mass is 309 g/mol. The molecule has 1 aliphatic heterocycles. The van der Waals surface area contributed by atoms with E-state index >= 15 is 0 Å². The molecule has 2 heterocycles. The van der Waals surface area contributed by atoms with Crippen molar-refractivity contribution in [3.05, 3.63) is 73.7 Å². The molecule has 0 spiro atoms. The van der Waals surface area contributed by atoms with E-state index in [0.717, 1.165) is 10.1 Å². The van der Waals surface area contributed by atoms with Gasteiger partial charge in [0.15, 0.2) is 0 Å². The molecule has 0 aliphatic carbocycles. The number of benzene rings is 1. The third kappa shape index (κ3) is 2.04. The van der Waals surface area contributed by atoms with Crippen LogP contribution in [0, 0.1) is 11.3 Å². The molecule has 0 saturated heterocycles. The molecule has 1 atom stereocenters. The lowest BCUT2D eigenvalue weighted by molar-refractivity contribution is 0.664. The number of hydrogen-bond acceptors (Lipinski definition) is 5. The van der Waals surface area contributed by atoms with Crippen LogP contribution in [0.2, 0.25) is 0 Å². The van der Waals surface area contributed by atoms with Gasteiger partial charge in [-0.3, -0.25) is 13.9 Å². The van der Waals surface area contributed by atoms with Gasteiger partial charge >= 0.3 is 5.69 Å². The van der Waals surface area contributed by atoms with Crippen LogP contribution in [0.1, 0.15) is 17.0 Å². The minimum atomic E-state index is -0.608.